The van der Waals surface area contributed by atoms with E-state index in [0.29, 0.717) is 36.1 Å². The molecule has 0 amide bonds. The van der Waals surface area contributed by atoms with Gasteiger partial charge in [-0.3, -0.25) is 14.2 Å². The summed E-state index contributed by atoms with van der Waals surface area (Å²) in [7, 11) is 1.13. The van der Waals surface area contributed by atoms with Crippen LogP contribution in [0.5, 0.6) is 0 Å². The van der Waals surface area contributed by atoms with Crippen LogP contribution in [0.1, 0.15) is 194 Å². The summed E-state index contributed by atoms with van der Waals surface area (Å²) in [6.07, 6.45) is 43.5. The molecule has 0 aliphatic carbocycles. The lowest BCUT2D eigenvalue weighted by Gasteiger charge is -2.28. The third-order valence-electron chi connectivity index (χ3n) is 10.6. The maximum atomic E-state index is 12.7. The Morgan fingerprint density at radius 1 is 0.610 bits per heavy atom. The first kappa shape index (κ1) is 55.2. The lowest BCUT2D eigenvalue weighted by atomic mass is 10.0. The standard InChI is InChI=1S/C48H88NO9P/c1-6-8-10-12-14-15-16-17-18-19-20-21-22-23-26-31-35-39-48(51)57-44(43-56-59(52,53)55-41-40-49(3,4)5)42-54-47(50)38-34-30-27-24-25-29-33-37-46-45(58-46)36-32-28-13-11-9-7-2/h24,27-29,32-33,44-46H,6-23,25-26,30-31,34-43H2,1-5H3/b27-24-,32-28-,33-29-/t44-,45?,46?/m1/s1. The summed E-state index contributed by atoms with van der Waals surface area (Å²) in [5.74, 6) is -0.900. The van der Waals surface area contributed by atoms with Crippen molar-refractivity contribution in [2.45, 2.75) is 212 Å². The number of esters is 2. The van der Waals surface area contributed by atoms with Gasteiger partial charge in [0.2, 0.25) is 0 Å². The van der Waals surface area contributed by atoms with Crippen LogP contribution in [0.15, 0.2) is 36.5 Å². The zero-order valence-electron chi connectivity index (χ0n) is 38.4. The van der Waals surface area contributed by atoms with Crippen LogP contribution in [-0.2, 0) is 37.4 Å². The van der Waals surface area contributed by atoms with E-state index < -0.39 is 32.5 Å². The number of phosphoric ester groups is 1. The molecule has 0 aromatic heterocycles. The molecule has 1 aliphatic rings. The van der Waals surface area contributed by atoms with Gasteiger partial charge in [0.25, 0.3) is 7.82 Å². The van der Waals surface area contributed by atoms with Gasteiger partial charge < -0.3 is 32.6 Å². The minimum Gasteiger partial charge on any atom is -0.756 e. The molecule has 1 saturated heterocycles. The molecule has 0 spiro atoms. The summed E-state index contributed by atoms with van der Waals surface area (Å²) in [6.45, 7) is 4.14. The summed E-state index contributed by atoms with van der Waals surface area (Å²) in [5, 5.41) is 0. The van der Waals surface area contributed by atoms with Gasteiger partial charge >= 0.3 is 11.9 Å². The number of unbranched alkanes of at least 4 members (excludes halogenated alkanes) is 20. The molecule has 3 unspecified atom stereocenters. The van der Waals surface area contributed by atoms with E-state index in [-0.39, 0.29) is 26.1 Å². The Bertz CT molecular complexity index is 1170. The number of phosphoric acid groups is 1. The molecule has 10 nitrogen and oxygen atoms in total. The van der Waals surface area contributed by atoms with Gasteiger partial charge in [0.15, 0.2) is 6.10 Å². The predicted molar refractivity (Wildman–Crippen MR) is 240 cm³/mol. The van der Waals surface area contributed by atoms with Crippen LogP contribution in [0, 0.1) is 0 Å². The van der Waals surface area contributed by atoms with Crippen LogP contribution in [0.3, 0.4) is 0 Å². The van der Waals surface area contributed by atoms with Crippen molar-refractivity contribution >= 4 is 19.8 Å². The fraction of sp³-hybridized carbons (Fsp3) is 0.833. The molecule has 0 radical (unpaired) electrons. The fourth-order valence-electron chi connectivity index (χ4n) is 6.69. The Labute approximate surface area is 361 Å². The Kier molecular flexibility index (Phi) is 34.4. The first-order valence-electron chi connectivity index (χ1n) is 23.8. The van der Waals surface area contributed by atoms with Crippen molar-refractivity contribution in [1.29, 1.82) is 0 Å². The summed E-state index contributed by atoms with van der Waals surface area (Å²) in [4.78, 5) is 37.6. The van der Waals surface area contributed by atoms with E-state index in [9.17, 15) is 19.0 Å². The fourth-order valence-corrected chi connectivity index (χ4v) is 7.42. The van der Waals surface area contributed by atoms with Crippen molar-refractivity contribution in [2.75, 3.05) is 47.5 Å². The van der Waals surface area contributed by atoms with Gasteiger partial charge in [-0.15, -0.1) is 0 Å². The molecule has 1 aliphatic heterocycles. The molecular weight excluding hydrogens is 765 g/mol. The Morgan fingerprint density at radius 2 is 1.08 bits per heavy atom. The van der Waals surface area contributed by atoms with E-state index in [0.717, 1.165) is 51.4 Å². The zero-order valence-corrected chi connectivity index (χ0v) is 39.3. The first-order chi connectivity index (χ1) is 28.5. The average Bonchev–Trinajstić information content (AvgIpc) is 3.94. The molecular formula is C48H88NO9P. The number of carbonyl (C=O) groups is 2. The minimum atomic E-state index is -4.64. The molecule has 0 saturated carbocycles. The molecule has 59 heavy (non-hydrogen) atoms. The van der Waals surface area contributed by atoms with Gasteiger partial charge in [-0.25, -0.2) is 0 Å². The second-order valence-electron chi connectivity index (χ2n) is 17.5. The second kappa shape index (κ2) is 36.8. The summed E-state index contributed by atoms with van der Waals surface area (Å²) in [6, 6.07) is 0. The maximum absolute atomic E-state index is 12.7. The quantitative estimate of drug-likeness (QED) is 0.0147. The number of allylic oxidation sites excluding steroid dienone is 4. The van der Waals surface area contributed by atoms with Crippen molar-refractivity contribution in [3.63, 3.8) is 0 Å². The van der Waals surface area contributed by atoms with Crippen molar-refractivity contribution in [2.24, 2.45) is 0 Å². The predicted octanol–water partition coefficient (Wildman–Crippen LogP) is 12.0. The third-order valence-corrected chi connectivity index (χ3v) is 11.5. The van der Waals surface area contributed by atoms with Crippen molar-refractivity contribution in [1.82, 2.24) is 0 Å². The second-order valence-corrected chi connectivity index (χ2v) is 18.9. The molecule has 4 atom stereocenters. The molecule has 1 fully saturated rings. The molecule has 0 aromatic carbocycles. The van der Waals surface area contributed by atoms with Crippen LogP contribution in [0.2, 0.25) is 0 Å². The Hall–Kier alpha value is -1.81. The van der Waals surface area contributed by atoms with Gasteiger partial charge in [-0.05, 0) is 51.4 Å². The van der Waals surface area contributed by atoms with Gasteiger partial charge in [0.1, 0.15) is 19.8 Å². The van der Waals surface area contributed by atoms with Gasteiger partial charge in [0.05, 0.1) is 40.0 Å². The van der Waals surface area contributed by atoms with E-state index in [1.165, 1.54) is 103 Å². The van der Waals surface area contributed by atoms with E-state index in [2.05, 4.69) is 50.3 Å². The summed E-state index contributed by atoms with van der Waals surface area (Å²) < 4.78 is 39.7. The smallest absolute Gasteiger partial charge is 0.306 e. The van der Waals surface area contributed by atoms with Gasteiger partial charge in [0, 0.05) is 12.8 Å². The number of likely N-dealkylation sites (N-methyl/N-ethyl adjacent to an activating group) is 1. The van der Waals surface area contributed by atoms with Crippen molar-refractivity contribution in [3.05, 3.63) is 36.5 Å². The van der Waals surface area contributed by atoms with E-state index in [4.69, 9.17) is 23.3 Å². The highest BCUT2D eigenvalue weighted by atomic mass is 31.2. The van der Waals surface area contributed by atoms with Crippen LogP contribution in [0.25, 0.3) is 0 Å². The van der Waals surface area contributed by atoms with Gasteiger partial charge in [-0.1, -0.05) is 166 Å². The molecule has 0 bridgehead atoms. The molecule has 0 aromatic rings. The highest BCUT2D eigenvalue weighted by Crippen LogP contribution is 2.38. The SMILES string of the molecule is CCCCC/C=C\CC1OC1C/C=C\C/C=C\CCCC(=O)OC[C@H](COP(=O)([O-])OCC[N+](C)(C)C)OC(=O)CCCCCCCCCCCCCCCCCCC. The summed E-state index contributed by atoms with van der Waals surface area (Å²) in [5.41, 5.74) is 0. The van der Waals surface area contributed by atoms with Crippen LogP contribution >= 0.6 is 7.82 Å². The monoisotopic (exact) mass is 854 g/mol. The Morgan fingerprint density at radius 3 is 1.66 bits per heavy atom. The lowest BCUT2D eigenvalue weighted by Crippen LogP contribution is -2.37. The number of hydrogen-bond acceptors (Lipinski definition) is 9. The number of nitrogens with zero attached hydrogens (tertiary/aromatic N) is 1. The van der Waals surface area contributed by atoms with E-state index in [1.807, 2.05) is 21.1 Å². The van der Waals surface area contributed by atoms with Crippen LogP contribution in [0.4, 0.5) is 0 Å². The topological polar surface area (TPSA) is 124 Å². The largest absolute Gasteiger partial charge is 0.756 e. The van der Waals surface area contributed by atoms with Crippen molar-refractivity contribution in [3.8, 4) is 0 Å². The zero-order chi connectivity index (χ0) is 43.3. The molecule has 1 rings (SSSR count). The summed E-state index contributed by atoms with van der Waals surface area (Å²) >= 11 is 0. The number of rotatable bonds is 42. The number of hydrogen-bond donors (Lipinski definition) is 0. The molecule has 344 valence electrons. The van der Waals surface area contributed by atoms with E-state index >= 15 is 0 Å². The third kappa shape index (κ3) is 37.7. The first-order valence-corrected chi connectivity index (χ1v) is 25.3. The van der Waals surface area contributed by atoms with Crippen LogP contribution < -0.4 is 4.89 Å². The lowest BCUT2D eigenvalue weighted by molar-refractivity contribution is -0.870. The van der Waals surface area contributed by atoms with E-state index in [1.54, 1.807) is 0 Å². The van der Waals surface area contributed by atoms with Gasteiger partial charge in [-0.2, -0.15) is 0 Å². The highest BCUT2D eigenvalue weighted by molar-refractivity contribution is 7.45. The average molecular weight is 854 g/mol. The molecule has 11 heteroatoms. The molecule has 1 heterocycles. The number of carbonyl (C=O) groups excluding carboxylic acids is 2. The number of ether oxygens (including phenoxy) is 3. The number of quaternary nitrogens is 1. The van der Waals surface area contributed by atoms with Crippen molar-refractivity contribution < 1.29 is 46.8 Å². The number of epoxide rings is 1. The molecule has 0 N–H and O–H groups in total. The normalized spacial score (nSPS) is 17.3. The Balaban J connectivity index is 2.28. The maximum Gasteiger partial charge on any atom is 0.306 e. The van der Waals surface area contributed by atoms with Crippen LogP contribution in [-0.4, -0.2) is 82.2 Å². The minimum absolute atomic E-state index is 0.0407. The highest BCUT2D eigenvalue weighted by Gasteiger charge is 2.36.